The molecule has 6 nitrogen and oxygen atoms in total. The van der Waals surface area contributed by atoms with Crippen LogP contribution in [0.1, 0.15) is 400 Å². The van der Waals surface area contributed by atoms with Crippen molar-refractivity contribution in [3.63, 3.8) is 0 Å². The molecule has 0 aliphatic heterocycles. The van der Waals surface area contributed by atoms with Crippen molar-refractivity contribution in [2.75, 3.05) is 13.2 Å². The van der Waals surface area contributed by atoms with Gasteiger partial charge in [-0.2, -0.15) is 0 Å². The lowest BCUT2D eigenvalue weighted by molar-refractivity contribution is -0.167. The number of unbranched alkanes of at least 4 members (excludes halogenated alkanes) is 49. The molecule has 0 aromatic heterocycles. The van der Waals surface area contributed by atoms with Crippen LogP contribution in [0.3, 0.4) is 0 Å². The van der Waals surface area contributed by atoms with Gasteiger partial charge in [0.15, 0.2) is 6.10 Å². The number of carbonyl (C=O) groups is 3. The van der Waals surface area contributed by atoms with E-state index in [1.807, 2.05) is 0 Å². The SMILES string of the molecule is CCCCCCC/C=C\C/C=C\C/C=C\CCCCCCCCCCCCCCCCCCCCC(=O)OCC(COC(=O)CCCCCCCCCCCCCC)OC(=O)CCCCCCCCCCC/C=C\CCCCCCCC. The van der Waals surface area contributed by atoms with Crippen molar-refractivity contribution in [1.82, 2.24) is 0 Å². The molecule has 6 heteroatoms. The predicted octanol–water partition coefficient (Wildman–Crippen LogP) is 25.3. The van der Waals surface area contributed by atoms with Gasteiger partial charge in [-0.3, -0.25) is 14.4 Å². The number of esters is 3. The molecule has 0 saturated carbocycles. The summed E-state index contributed by atoms with van der Waals surface area (Å²) in [6.07, 6.45) is 90.1. The Labute approximate surface area is 511 Å². The van der Waals surface area contributed by atoms with Gasteiger partial charge >= 0.3 is 17.9 Å². The third-order valence-electron chi connectivity index (χ3n) is 16.6. The Kier molecular flexibility index (Phi) is 68.6. The van der Waals surface area contributed by atoms with Crippen molar-refractivity contribution in [3.05, 3.63) is 48.6 Å². The first-order chi connectivity index (χ1) is 40.5. The quantitative estimate of drug-likeness (QED) is 0.0261. The fourth-order valence-corrected chi connectivity index (χ4v) is 11.0. The van der Waals surface area contributed by atoms with Crippen LogP contribution in [0.4, 0.5) is 0 Å². The molecule has 0 aliphatic carbocycles. The van der Waals surface area contributed by atoms with Crippen LogP contribution >= 0.6 is 0 Å². The Hall–Kier alpha value is -2.63. The largest absolute Gasteiger partial charge is 0.462 e. The molecule has 0 N–H and O–H groups in total. The van der Waals surface area contributed by atoms with Gasteiger partial charge in [0.25, 0.3) is 0 Å². The molecule has 0 bridgehead atoms. The summed E-state index contributed by atoms with van der Waals surface area (Å²) in [5, 5.41) is 0. The molecule has 0 radical (unpaired) electrons. The molecule has 0 amide bonds. The summed E-state index contributed by atoms with van der Waals surface area (Å²) in [5.74, 6) is -0.842. The Morgan fingerprint density at radius 3 is 0.695 bits per heavy atom. The van der Waals surface area contributed by atoms with E-state index < -0.39 is 6.10 Å². The van der Waals surface area contributed by atoms with E-state index in [2.05, 4.69) is 69.4 Å². The molecule has 0 aromatic carbocycles. The normalized spacial score (nSPS) is 12.3. The lowest BCUT2D eigenvalue weighted by Crippen LogP contribution is -2.30. The van der Waals surface area contributed by atoms with Gasteiger partial charge in [0.1, 0.15) is 13.2 Å². The van der Waals surface area contributed by atoms with E-state index in [4.69, 9.17) is 14.2 Å². The van der Waals surface area contributed by atoms with E-state index in [1.165, 1.54) is 289 Å². The second kappa shape index (κ2) is 70.9. The highest BCUT2D eigenvalue weighted by Crippen LogP contribution is 2.18. The molecule has 0 fully saturated rings. The number of rotatable bonds is 68. The summed E-state index contributed by atoms with van der Waals surface area (Å²) in [6, 6.07) is 0. The fourth-order valence-electron chi connectivity index (χ4n) is 11.0. The van der Waals surface area contributed by atoms with Crippen molar-refractivity contribution in [2.24, 2.45) is 0 Å². The van der Waals surface area contributed by atoms with Gasteiger partial charge in [-0.1, -0.05) is 345 Å². The molecule has 480 valence electrons. The fraction of sp³-hybridized carbons (Fsp3) is 0.855. The maximum atomic E-state index is 12.9. The van der Waals surface area contributed by atoms with Gasteiger partial charge in [-0.05, 0) is 83.5 Å². The first-order valence-electron chi connectivity index (χ1n) is 36.6. The number of hydrogen-bond acceptors (Lipinski definition) is 6. The lowest BCUT2D eigenvalue weighted by atomic mass is 10.0. The Morgan fingerprint density at radius 2 is 0.439 bits per heavy atom. The summed E-state index contributed by atoms with van der Waals surface area (Å²) in [5.41, 5.74) is 0. The first kappa shape index (κ1) is 79.4. The molecule has 0 aromatic rings. The highest BCUT2D eigenvalue weighted by atomic mass is 16.6. The van der Waals surface area contributed by atoms with Crippen LogP contribution in [-0.2, 0) is 28.6 Å². The van der Waals surface area contributed by atoms with Crippen molar-refractivity contribution >= 4 is 17.9 Å². The molecule has 82 heavy (non-hydrogen) atoms. The third kappa shape index (κ3) is 68.2. The molecule has 0 rings (SSSR count). The standard InChI is InChI=1S/C76H140O6/c1-4-7-10-13-16-19-22-25-27-29-31-32-33-34-35-36-37-38-39-40-41-42-43-44-46-47-49-51-54-57-60-63-66-69-75(78)81-72-73(71-80-74(77)68-65-62-59-56-53-24-21-18-15-12-9-6-3)82-76(79)70-67-64-61-58-55-52-50-48-45-30-28-26-23-20-17-14-11-8-5-2/h22,25-26,28-29,31,33-34,73H,4-21,23-24,27,30,32,35-72H2,1-3H3/b25-22-,28-26-,31-29-,34-33-. The van der Waals surface area contributed by atoms with Crippen molar-refractivity contribution in [3.8, 4) is 0 Å². The van der Waals surface area contributed by atoms with E-state index in [1.54, 1.807) is 0 Å². The highest BCUT2D eigenvalue weighted by Gasteiger charge is 2.19. The molecular weight excluding hydrogens is 1010 g/mol. The Morgan fingerprint density at radius 1 is 0.244 bits per heavy atom. The highest BCUT2D eigenvalue weighted by molar-refractivity contribution is 5.71. The smallest absolute Gasteiger partial charge is 0.306 e. The number of allylic oxidation sites excluding steroid dienone is 8. The van der Waals surface area contributed by atoms with Crippen LogP contribution in [0.5, 0.6) is 0 Å². The van der Waals surface area contributed by atoms with Gasteiger partial charge < -0.3 is 14.2 Å². The topological polar surface area (TPSA) is 78.9 Å². The second-order valence-corrected chi connectivity index (χ2v) is 24.9. The van der Waals surface area contributed by atoms with Gasteiger partial charge in [-0.25, -0.2) is 0 Å². The summed E-state index contributed by atoms with van der Waals surface area (Å²) in [4.78, 5) is 38.4. The Bertz CT molecular complexity index is 1410. The second-order valence-electron chi connectivity index (χ2n) is 24.9. The van der Waals surface area contributed by atoms with E-state index >= 15 is 0 Å². The van der Waals surface area contributed by atoms with E-state index in [9.17, 15) is 14.4 Å². The monoisotopic (exact) mass is 1150 g/mol. The van der Waals surface area contributed by atoms with Crippen molar-refractivity contribution in [2.45, 2.75) is 406 Å². The molecule has 0 saturated heterocycles. The molecule has 0 spiro atoms. The van der Waals surface area contributed by atoms with Gasteiger partial charge in [0.2, 0.25) is 0 Å². The van der Waals surface area contributed by atoms with Crippen LogP contribution in [0.2, 0.25) is 0 Å². The van der Waals surface area contributed by atoms with Crippen LogP contribution < -0.4 is 0 Å². The van der Waals surface area contributed by atoms with E-state index in [0.29, 0.717) is 19.3 Å². The maximum Gasteiger partial charge on any atom is 0.306 e. The number of ether oxygens (including phenoxy) is 3. The number of carbonyl (C=O) groups excluding carboxylic acids is 3. The zero-order valence-electron chi connectivity index (χ0n) is 55.3. The zero-order valence-corrected chi connectivity index (χ0v) is 55.3. The van der Waals surface area contributed by atoms with Gasteiger partial charge in [0.05, 0.1) is 0 Å². The third-order valence-corrected chi connectivity index (χ3v) is 16.6. The summed E-state index contributed by atoms with van der Waals surface area (Å²) in [6.45, 7) is 6.69. The minimum atomic E-state index is -0.771. The lowest BCUT2D eigenvalue weighted by Gasteiger charge is -2.18. The van der Waals surface area contributed by atoms with Crippen LogP contribution in [-0.4, -0.2) is 37.2 Å². The summed E-state index contributed by atoms with van der Waals surface area (Å²) in [7, 11) is 0. The molecular formula is C76H140O6. The minimum Gasteiger partial charge on any atom is -0.462 e. The Balaban J connectivity index is 4.12. The van der Waals surface area contributed by atoms with Gasteiger partial charge in [0, 0.05) is 19.3 Å². The van der Waals surface area contributed by atoms with E-state index in [-0.39, 0.29) is 31.1 Å². The molecule has 1 unspecified atom stereocenters. The summed E-state index contributed by atoms with van der Waals surface area (Å²) >= 11 is 0. The first-order valence-corrected chi connectivity index (χ1v) is 36.6. The minimum absolute atomic E-state index is 0.0677. The zero-order chi connectivity index (χ0) is 59.2. The average molecular weight is 1150 g/mol. The van der Waals surface area contributed by atoms with Crippen molar-refractivity contribution < 1.29 is 28.6 Å². The molecule has 1 atom stereocenters. The predicted molar refractivity (Wildman–Crippen MR) is 358 cm³/mol. The molecule has 0 heterocycles. The maximum absolute atomic E-state index is 12.9. The average Bonchev–Trinajstić information content (AvgIpc) is 3.47. The van der Waals surface area contributed by atoms with E-state index in [0.717, 1.165) is 70.6 Å². The van der Waals surface area contributed by atoms with Gasteiger partial charge in [-0.15, -0.1) is 0 Å². The van der Waals surface area contributed by atoms with Crippen LogP contribution in [0.25, 0.3) is 0 Å². The van der Waals surface area contributed by atoms with Crippen molar-refractivity contribution in [1.29, 1.82) is 0 Å². The summed E-state index contributed by atoms with van der Waals surface area (Å²) < 4.78 is 17.0. The van der Waals surface area contributed by atoms with Crippen LogP contribution in [0.15, 0.2) is 48.6 Å². The molecule has 0 aliphatic rings. The number of hydrogen-bond donors (Lipinski definition) is 0. The van der Waals surface area contributed by atoms with Crippen LogP contribution in [0, 0.1) is 0 Å².